The number of rotatable bonds is 18. The van der Waals surface area contributed by atoms with Crippen molar-refractivity contribution in [1.82, 2.24) is 10.6 Å². The average molecular weight is 361 g/mol. The molecule has 0 fully saturated rings. The largest absolute Gasteiger partial charge is 0.378 e. The Bertz CT molecular complexity index is 265. The number of nitrogens with one attached hydrogen (secondary N) is 2. The van der Waals surface area contributed by atoms with Gasteiger partial charge in [-0.25, -0.2) is 0 Å². The standard InChI is InChI=1S/C20H44N2O3/c1-7-19(5,8-2)21-11-13-23-15-17-25-18-16-24-14-12-22-20(6,9-3)10-4/h21-22H,7-18H2,1-6H3. The molecule has 0 saturated heterocycles. The lowest BCUT2D eigenvalue weighted by atomic mass is 9.96. The molecule has 152 valence electrons. The van der Waals surface area contributed by atoms with Gasteiger partial charge in [-0.15, -0.1) is 0 Å². The van der Waals surface area contributed by atoms with E-state index < -0.39 is 0 Å². The summed E-state index contributed by atoms with van der Waals surface area (Å²) in [5.74, 6) is 0. The van der Waals surface area contributed by atoms with Crippen LogP contribution in [0.15, 0.2) is 0 Å². The van der Waals surface area contributed by atoms with Crippen molar-refractivity contribution in [3.63, 3.8) is 0 Å². The maximum absolute atomic E-state index is 5.59. The fourth-order valence-corrected chi connectivity index (χ4v) is 2.39. The van der Waals surface area contributed by atoms with E-state index in [2.05, 4.69) is 52.2 Å². The van der Waals surface area contributed by atoms with Crippen molar-refractivity contribution in [2.24, 2.45) is 0 Å². The summed E-state index contributed by atoms with van der Waals surface area (Å²) in [5, 5.41) is 7.11. The van der Waals surface area contributed by atoms with Crippen molar-refractivity contribution in [3.05, 3.63) is 0 Å². The van der Waals surface area contributed by atoms with Gasteiger partial charge in [0.25, 0.3) is 0 Å². The Labute approximate surface area is 156 Å². The van der Waals surface area contributed by atoms with Gasteiger partial charge >= 0.3 is 0 Å². The summed E-state index contributed by atoms with van der Waals surface area (Å²) in [7, 11) is 0. The molecule has 0 atom stereocenters. The Hall–Kier alpha value is -0.200. The predicted molar refractivity (Wildman–Crippen MR) is 106 cm³/mol. The molecule has 0 aromatic heterocycles. The normalized spacial score (nSPS) is 12.7. The molecule has 0 spiro atoms. The number of ether oxygens (including phenoxy) is 3. The van der Waals surface area contributed by atoms with Gasteiger partial charge in [0.15, 0.2) is 0 Å². The lowest BCUT2D eigenvalue weighted by Crippen LogP contribution is -2.42. The van der Waals surface area contributed by atoms with Gasteiger partial charge in [0, 0.05) is 24.2 Å². The Morgan fingerprint density at radius 3 is 1.08 bits per heavy atom. The van der Waals surface area contributed by atoms with Crippen LogP contribution in [0.4, 0.5) is 0 Å². The molecular formula is C20H44N2O3. The molecule has 2 N–H and O–H groups in total. The van der Waals surface area contributed by atoms with Crippen LogP contribution in [0.1, 0.15) is 67.2 Å². The minimum atomic E-state index is 0.234. The van der Waals surface area contributed by atoms with Gasteiger partial charge in [-0.3, -0.25) is 0 Å². The Balaban J connectivity index is 3.32. The van der Waals surface area contributed by atoms with Gasteiger partial charge < -0.3 is 24.8 Å². The highest BCUT2D eigenvalue weighted by molar-refractivity contribution is 4.79. The lowest BCUT2D eigenvalue weighted by molar-refractivity contribution is 0.0140. The summed E-state index contributed by atoms with van der Waals surface area (Å²) in [6.07, 6.45) is 4.55. The molecule has 0 bridgehead atoms. The van der Waals surface area contributed by atoms with Crippen LogP contribution in [0, 0.1) is 0 Å². The second kappa shape index (κ2) is 14.9. The molecule has 5 nitrogen and oxygen atoms in total. The first-order valence-corrected chi connectivity index (χ1v) is 10.2. The first kappa shape index (κ1) is 24.8. The maximum atomic E-state index is 5.59. The first-order valence-electron chi connectivity index (χ1n) is 10.2. The zero-order chi connectivity index (χ0) is 19.0. The van der Waals surface area contributed by atoms with Crippen molar-refractivity contribution in [2.75, 3.05) is 52.7 Å². The van der Waals surface area contributed by atoms with Gasteiger partial charge in [-0.05, 0) is 39.5 Å². The van der Waals surface area contributed by atoms with Crippen LogP contribution in [0.5, 0.6) is 0 Å². The molecule has 0 amide bonds. The summed E-state index contributed by atoms with van der Waals surface area (Å²) in [5.41, 5.74) is 0.468. The van der Waals surface area contributed by atoms with Crippen LogP contribution < -0.4 is 10.6 Å². The van der Waals surface area contributed by atoms with E-state index in [1.807, 2.05) is 0 Å². The molecule has 0 unspecified atom stereocenters. The Kier molecular flexibility index (Phi) is 14.8. The van der Waals surface area contributed by atoms with E-state index in [1.54, 1.807) is 0 Å². The molecule has 0 rings (SSSR count). The van der Waals surface area contributed by atoms with E-state index in [0.717, 1.165) is 52.0 Å². The molecule has 5 heteroatoms. The van der Waals surface area contributed by atoms with E-state index in [1.165, 1.54) is 0 Å². The van der Waals surface area contributed by atoms with Crippen molar-refractivity contribution < 1.29 is 14.2 Å². The van der Waals surface area contributed by atoms with Crippen LogP contribution in [0.2, 0.25) is 0 Å². The second-order valence-corrected chi connectivity index (χ2v) is 7.23. The minimum Gasteiger partial charge on any atom is -0.378 e. The van der Waals surface area contributed by atoms with Gasteiger partial charge in [-0.1, -0.05) is 27.7 Å². The third kappa shape index (κ3) is 12.7. The average Bonchev–Trinajstić information content (AvgIpc) is 2.65. The first-order chi connectivity index (χ1) is 11.9. The van der Waals surface area contributed by atoms with Crippen LogP contribution in [0.25, 0.3) is 0 Å². The summed E-state index contributed by atoms with van der Waals surface area (Å²) in [6.45, 7) is 19.2. The summed E-state index contributed by atoms with van der Waals surface area (Å²) in [4.78, 5) is 0. The zero-order valence-corrected chi connectivity index (χ0v) is 17.7. The molecule has 0 aliphatic carbocycles. The van der Waals surface area contributed by atoms with Crippen molar-refractivity contribution in [3.8, 4) is 0 Å². The third-order valence-electron chi connectivity index (χ3n) is 5.46. The van der Waals surface area contributed by atoms with Crippen molar-refractivity contribution >= 4 is 0 Å². The van der Waals surface area contributed by atoms with Gasteiger partial charge in [0.05, 0.1) is 39.6 Å². The lowest BCUT2D eigenvalue weighted by Gasteiger charge is -2.28. The minimum absolute atomic E-state index is 0.234. The second-order valence-electron chi connectivity index (χ2n) is 7.23. The van der Waals surface area contributed by atoms with E-state index in [0.29, 0.717) is 26.4 Å². The van der Waals surface area contributed by atoms with Gasteiger partial charge in [0.2, 0.25) is 0 Å². The fourth-order valence-electron chi connectivity index (χ4n) is 2.39. The van der Waals surface area contributed by atoms with Gasteiger partial charge in [-0.2, -0.15) is 0 Å². The highest BCUT2D eigenvalue weighted by atomic mass is 16.5. The monoisotopic (exact) mass is 360 g/mol. The Morgan fingerprint density at radius 2 is 0.800 bits per heavy atom. The van der Waals surface area contributed by atoms with Crippen LogP contribution >= 0.6 is 0 Å². The highest BCUT2D eigenvalue weighted by Gasteiger charge is 2.18. The van der Waals surface area contributed by atoms with E-state index in [9.17, 15) is 0 Å². The SMILES string of the molecule is CCC(C)(CC)NCCOCCOCCOCCNC(C)(CC)CC. The molecule has 0 heterocycles. The van der Waals surface area contributed by atoms with E-state index in [-0.39, 0.29) is 11.1 Å². The number of hydrogen-bond donors (Lipinski definition) is 2. The molecule has 0 aliphatic rings. The van der Waals surface area contributed by atoms with E-state index in [4.69, 9.17) is 14.2 Å². The predicted octanol–water partition coefficient (Wildman–Crippen LogP) is 3.37. The molecule has 0 radical (unpaired) electrons. The van der Waals surface area contributed by atoms with Crippen LogP contribution in [-0.2, 0) is 14.2 Å². The molecule has 0 saturated carbocycles. The highest BCUT2D eigenvalue weighted by Crippen LogP contribution is 2.13. The summed E-state index contributed by atoms with van der Waals surface area (Å²) >= 11 is 0. The Morgan fingerprint density at radius 1 is 0.520 bits per heavy atom. The van der Waals surface area contributed by atoms with Crippen molar-refractivity contribution in [1.29, 1.82) is 0 Å². The molecule has 0 aliphatic heterocycles. The smallest absolute Gasteiger partial charge is 0.0701 e. The zero-order valence-electron chi connectivity index (χ0n) is 17.7. The molecule has 0 aromatic rings. The van der Waals surface area contributed by atoms with Gasteiger partial charge in [0.1, 0.15) is 0 Å². The molecule has 25 heavy (non-hydrogen) atoms. The van der Waals surface area contributed by atoms with E-state index >= 15 is 0 Å². The third-order valence-corrected chi connectivity index (χ3v) is 5.46. The summed E-state index contributed by atoms with van der Waals surface area (Å²) < 4.78 is 16.7. The topological polar surface area (TPSA) is 51.8 Å². The quantitative estimate of drug-likeness (QED) is 0.367. The van der Waals surface area contributed by atoms with Crippen LogP contribution in [0.3, 0.4) is 0 Å². The summed E-state index contributed by atoms with van der Waals surface area (Å²) in [6, 6.07) is 0. The fraction of sp³-hybridized carbons (Fsp3) is 1.00. The maximum Gasteiger partial charge on any atom is 0.0701 e. The van der Waals surface area contributed by atoms with Crippen LogP contribution in [-0.4, -0.2) is 63.8 Å². The number of hydrogen-bond acceptors (Lipinski definition) is 5. The molecule has 0 aromatic carbocycles. The van der Waals surface area contributed by atoms with Crippen molar-refractivity contribution in [2.45, 2.75) is 78.3 Å². The molecular weight excluding hydrogens is 316 g/mol.